The van der Waals surface area contributed by atoms with Crippen LogP contribution in [0.25, 0.3) is 55.3 Å². The lowest BCUT2D eigenvalue weighted by atomic mass is 9.29. The zero-order valence-electron chi connectivity index (χ0n) is 60.9. The summed E-state index contributed by atoms with van der Waals surface area (Å²) in [6.45, 7) is 27.0. The lowest BCUT2D eigenvalue weighted by Gasteiger charge is -2.46. The first-order valence-electron chi connectivity index (χ1n) is 36.4. The molecule has 0 fully saturated rings. The zero-order chi connectivity index (χ0) is 70.7. The summed E-state index contributed by atoms with van der Waals surface area (Å²) in [5, 5.41) is 2.11. The van der Waals surface area contributed by atoms with Crippen molar-refractivity contribution in [3.05, 3.63) is 375 Å². The van der Waals surface area contributed by atoms with Crippen LogP contribution in [-0.2, 0) is 5.41 Å². The first-order chi connectivity index (χ1) is 49.5. The Hall–Kier alpha value is -11.0. The van der Waals surface area contributed by atoms with Crippen molar-refractivity contribution in [2.24, 2.45) is 5.92 Å². The molecule has 4 atom stereocenters. The standard InChI is InChI=1S/C97H87B2NO2/c1-61-32-27-33-62(2)91(61)98(92-63(3)34-28-35-64(92)4)71(11)89-82(57-69(9)72-40-17-13-18-41-72)97(12,83-59-78(75-46-23-16-24-47-75)60-84(90(83)95(89)101)99(93-65(5)36-29-37-66(93)6)94-67(7)38-30-39-68(94)8)81-58-77(74-44-21-15-22-45-74)53-55-86(81)100(85-54-52-76(56-70(85)10)73-42-19-14-20-43-73)87-50-31-49-80-79-48-25-26-51-88(79)102-96(80)87/h13-60,70-71,85H,1-12H3/b69-57+. The van der Waals surface area contributed by atoms with E-state index in [-0.39, 0.29) is 31.2 Å². The summed E-state index contributed by atoms with van der Waals surface area (Å²) >= 11 is 0. The molecule has 0 saturated heterocycles. The molecular formula is C97H87B2NO2. The van der Waals surface area contributed by atoms with Crippen molar-refractivity contribution in [1.82, 2.24) is 0 Å². The van der Waals surface area contributed by atoms with Gasteiger partial charge in [-0.25, -0.2) is 0 Å². The minimum Gasteiger partial charge on any atom is -0.454 e. The first-order valence-corrected chi connectivity index (χ1v) is 36.4. The number of fused-ring (bicyclic) bond motifs is 4. The van der Waals surface area contributed by atoms with Crippen molar-refractivity contribution in [2.75, 3.05) is 4.90 Å². The number of benzene rings is 12. The Morgan fingerprint density at radius 3 is 1.50 bits per heavy atom. The summed E-state index contributed by atoms with van der Waals surface area (Å²) in [7, 11) is 0. The predicted molar refractivity (Wildman–Crippen MR) is 437 cm³/mol. The lowest BCUT2D eigenvalue weighted by Crippen LogP contribution is -2.58. The van der Waals surface area contributed by atoms with Gasteiger partial charge in [-0.15, -0.1) is 0 Å². The third-order valence-corrected chi connectivity index (χ3v) is 22.7. The zero-order valence-corrected chi connectivity index (χ0v) is 60.9. The van der Waals surface area contributed by atoms with Crippen LogP contribution in [0.2, 0.25) is 5.82 Å². The Bertz CT molecular complexity index is 5360. The first kappa shape index (κ1) is 66.9. The minimum atomic E-state index is -1.16. The van der Waals surface area contributed by atoms with Crippen LogP contribution in [0.1, 0.15) is 105 Å². The number of carbonyl (C=O) groups excluding carboxylic acids is 1. The van der Waals surface area contributed by atoms with Crippen LogP contribution in [0.4, 0.5) is 11.4 Å². The largest absolute Gasteiger partial charge is 0.454 e. The number of hydrogen-bond acceptors (Lipinski definition) is 3. The maximum Gasteiger partial charge on any atom is 0.243 e. The van der Waals surface area contributed by atoms with E-state index in [0.29, 0.717) is 0 Å². The molecule has 1 aromatic heterocycles. The molecule has 2 aliphatic rings. The molecule has 15 rings (SSSR count). The number of ketones is 1. The molecule has 0 bridgehead atoms. The number of anilines is 2. The fourth-order valence-corrected chi connectivity index (χ4v) is 17.7. The van der Waals surface area contributed by atoms with Crippen molar-refractivity contribution in [3.63, 3.8) is 0 Å². The van der Waals surface area contributed by atoms with Crippen LogP contribution < -0.4 is 32.2 Å². The molecular weight excluding hydrogens is 1230 g/mol. The molecule has 0 aliphatic heterocycles. The average Bonchev–Trinajstić information content (AvgIpc) is 0.739. The Balaban J connectivity index is 1.17. The molecule has 3 nitrogen and oxygen atoms in total. The number of hydrogen-bond donors (Lipinski definition) is 0. The maximum absolute atomic E-state index is 18.7. The van der Waals surface area contributed by atoms with Crippen LogP contribution in [0.5, 0.6) is 0 Å². The lowest BCUT2D eigenvalue weighted by molar-refractivity contribution is 0.102. The second-order valence-corrected chi connectivity index (χ2v) is 29.2. The highest BCUT2D eigenvalue weighted by atomic mass is 16.3. The molecule has 0 saturated carbocycles. The number of aryl methyl sites for hydroxylation is 8. The van der Waals surface area contributed by atoms with Gasteiger partial charge < -0.3 is 9.32 Å². The second kappa shape index (κ2) is 27.5. The molecule has 0 amide bonds. The highest BCUT2D eigenvalue weighted by molar-refractivity contribution is 6.97. The third-order valence-electron chi connectivity index (χ3n) is 22.7. The predicted octanol–water partition coefficient (Wildman–Crippen LogP) is 21.3. The van der Waals surface area contributed by atoms with Crippen molar-refractivity contribution < 1.29 is 9.21 Å². The van der Waals surface area contributed by atoms with Crippen LogP contribution in [0.15, 0.2) is 307 Å². The second-order valence-electron chi connectivity index (χ2n) is 29.2. The fraction of sp³-hybridized carbons (Fsp3) is 0.165. The molecule has 0 radical (unpaired) electrons. The van der Waals surface area contributed by atoms with Gasteiger partial charge >= 0.3 is 0 Å². The minimum absolute atomic E-state index is 0.0208. The number of furan rings is 1. The quantitative estimate of drug-likeness (QED) is 0.0904. The average molecular weight is 1320 g/mol. The molecule has 0 N–H and O–H groups in total. The Labute approximate surface area is 604 Å². The summed E-state index contributed by atoms with van der Waals surface area (Å²) < 4.78 is 7.28. The molecule has 498 valence electrons. The summed E-state index contributed by atoms with van der Waals surface area (Å²) in [5.74, 6) is -0.384. The van der Waals surface area contributed by atoms with E-state index in [1.165, 1.54) is 77.5 Å². The monoisotopic (exact) mass is 1320 g/mol. The summed E-state index contributed by atoms with van der Waals surface area (Å²) in [6, 6.07) is 97.3. The van der Waals surface area contributed by atoms with Gasteiger partial charge in [-0.1, -0.05) is 347 Å². The van der Waals surface area contributed by atoms with E-state index >= 15 is 4.79 Å². The van der Waals surface area contributed by atoms with Gasteiger partial charge in [0.05, 0.1) is 11.7 Å². The third kappa shape index (κ3) is 11.8. The van der Waals surface area contributed by atoms with Gasteiger partial charge in [-0.05, 0) is 173 Å². The van der Waals surface area contributed by atoms with E-state index < -0.39 is 11.2 Å². The summed E-state index contributed by atoms with van der Waals surface area (Å²) in [4.78, 5) is 21.3. The van der Waals surface area contributed by atoms with E-state index in [0.717, 1.165) is 100 Å². The van der Waals surface area contributed by atoms with Crippen LogP contribution in [0.3, 0.4) is 0 Å². The van der Waals surface area contributed by atoms with Crippen molar-refractivity contribution >= 4 is 91.0 Å². The number of para-hydroxylation sites is 2. The van der Waals surface area contributed by atoms with Gasteiger partial charge in [0.15, 0.2) is 11.4 Å². The van der Waals surface area contributed by atoms with E-state index in [1.54, 1.807) is 0 Å². The number of nitrogens with zero attached hydrogens (tertiary/aromatic N) is 1. The molecule has 13 aromatic rings. The summed E-state index contributed by atoms with van der Waals surface area (Å²) in [5.41, 5.74) is 31.2. The van der Waals surface area contributed by atoms with E-state index in [1.807, 2.05) is 0 Å². The number of carbonyl (C=O) groups is 1. The molecule has 5 heteroatoms. The highest BCUT2D eigenvalue weighted by Crippen LogP contribution is 2.56. The SMILES string of the molecule is C/C(=C\C1=C(C(C)B(c2c(C)cccc2C)c2c(C)cccc2C)C(=O)c2c(B(c3c(C)cccc3C)c3c(C)cccc3C)cc(-c3ccccc3)cc2C1(C)c1cc(-c2ccccc2)ccc1N(c1cccc2c1oc1ccccc12)C1C=CC(c2ccccc2)=CC1C)c1ccccc1. The van der Waals surface area contributed by atoms with Gasteiger partial charge in [0.1, 0.15) is 5.58 Å². The van der Waals surface area contributed by atoms with E-state index in [9.17, 15) is 0 Å². The fourth-order valence-electron chi connectivity index (χ4n) is 17.7. The van der Waals surface area contributed by atoms with Gasteiger partial charge in [0.25, 0.3) is 0 Å². The molecule has 4 unspecified atom stereocenters. The van der Waals surface area contributed by atoms with Crippen LogP contribution >= 0.6 is 0 Å². The van der Waals surface area contributed by atoms with Gasteiger partial charge in [0, 0.05) is 33.0 Å². The molecule has 0 spiro atoms. The van der Waals surface area contributed by atoms with Crippen LogP contribution in [-0.4, -0.2) is 25.3 Å². The normalized spacial score (nSPS) is 16.3. The Kier molecular flexibility index (Phi) is 18.0. The molecule has 12 aromatic carbocycles. The Morgan fingerprint density at radius 1 is 0.480 bits per heavy atom. The maximum atomic E-state index is 18.7. The van der Waals surface area contributed by atoms with Crippen molar-refractivity contribution in [1.29, 1.82) is 0 Å². The van der Waals surface area contributed by atoms with Gasteiger partial charge in [-0.3, -0.25) is 4.79 Å². The van der Waals surface area contributed by atoms with E-state index in [2.05, 4.69) is 379 Å². The van der Waals surface area contributed by atoms with Gasteiger partial charge in [0.2, 0.25) is 13.4 Å². The van der Waals surface area contributed by atoms with Crippen molar-refractivity contribution in [2.45, 2.75) is 100 Å². The van der Waals surface area contributed by atoms with Gasteiger partial charge in [-0.2, -0.15) is 0 Å². The van der Waals surface area contributed by atoms with Crippen molar-refractivity contribution in [3.8, 4) is 22.3 Å². The number of rotatable bonds is 16. The topological polar surface area (TPSA) is 33.5 Å². The molecule has 2 aliphatic carbocycles. The van der Waals surface area contributed by atoms with Crippen LogP contribution in [0, 0.1) is 61.3 Å². The smallest absolute Gasteiger partial charge is 0.243 e. The Morgan fingerprint density at radius 2 is 0.951 bits per heavy atom. The molecule has 1 heterocycles. The highest BCUT2D eigenvalue weighted by Gasteiger charge is 2.51. The number of allylic oxidation sites excluding steroid dienone is 6. The van der Waals surface area contributed by atoms with E-state index in [4.69, 9.17) is 4.42 Å². The number of Topliss-reactive ketones (excluding diaryl/α,β-unsaturated/α-hetero) is 1. The summed E-state index contributed by atoms with van der Waals surface area (Å²) in [6.07, 6.45) is 9.66. The molecule has 102 heavy (non-hydrogen) atoms.